The SMILES string of the molecule is COC1(C(=O)N2CC(C)C(C)C2)CCNCC1. The first kappa shape index (κ1) is 12.8. The minimum Gasteiger partial charge on any atom is -0.368 e. The van der Waals surface area contributed by atoms with E-state index in [1.54, 1.807) is 7.11 Å². The van der Waals surface area contributed by atoms with Crippen LogP contribution in [-0.4, -0.2) is 49.7 Å². The zero-order chi connectivity index (χ0) is 12.5. The number of ether oxygens (including phenoxy) is 1. The number of nitrogens with zero attached hydrogens (tertiary/aromatic N) is 1. The molecule has 2 fully saturated rings. The lowest BCUT2D eigenvalue weighted by molar-refractivity contribution is -0.157. The molecule has 0 radical (unpaired) electrons. The average molecular weight is 240 g/mol. The van der Waals surface area contributed by atoms with Crippen LogP contribution in [0, 0.1) is 11.8 Å². The van der Waals surface area contributed by atoms with Crippen molar-refractivity contribution in [1.29, 1.82) is 0 Å². The number of rotatable bonds is 2. The topological polar surface area (TPSA) is 41.6 Å². The molecule has 0 spiro atoms. The normalized spacial score (nSPS) is 32.8. The molecular formula is C13H24N2O2. The third-order valence-electron chi connectivity index (χ3n) is 4.47. The van der Waals surface area contributed by atoms with Gasteiger partial charge >= 0.3 is 0 Å². The standard InChI is InChI=1S/C13H24N2O2/c1-10-8-15(9-11(10)2)12(16)13(17-3)4-6-14-7-5-13/h10-11,14H,4-9H2,1-3H3. The molecule has 2 atom stereocenters. The smallest absolute Gasteiger partial charge is 0.254 e. The maximum Gasteiger partial charge on any atom is 0.254 e. The number of hydrogen-bond acceptors (Lipinski definition) is 3. The minimum absolute atomic E-state index is 0.206. The second kappa shape index (κ2) is 4.94. The zero-order valence-corrected chi connectivity index (χ0v) is 11.2. The van der Waals surface area contributed by atoms with Gasteiger partial charge in [0, 0.05) is 20.2 Å². The quantitative estimate of drug-likeness (QED) is 0.778. The highest BCUT2D eigenvalue weighted by atomic mass is 16.5. The molecule has 2 aliphatic rings. The maximum absolute atomic E-state index is 12.6. The van der Waals surface area contributed by atoms with Crippen LogP contribution in [0.5, 0.6) is 0 Å². The van der Waals surface area contributed by atoms with Gasteiger partial charge in [0.1, 0.15) is 5.60 Å². The highest BCUT2D eigenvalue weighted by Gasteiger charge is 2.44. The van der Waals surface area contributed by atoms with Crippen LogP contribution in [0.3, 0.4) is 0 Å². The lowest BCUT2D eigenvalue weighted by Gasteiger charge is -2.37. The molecule has 0 aromatic rings. The van der Waals surface area contributed by atoms with E-state index >= 15 is 0 Å². The van der Waals surface area contributed by atoms with Crippen LogP contribution in [0.1, 0.15) is 26.7 Å². The molecule has 17 heavy (non-hydrogen) atoms. The van der Waals surface area contributed by atoms with E-state index in [4.69, 9.17) is 4.74 Å². The van der Waals surface area contributed by atoms with Gasteiger partial charge in [0.2, 0.25) is 0 Å². The first-order valence-electron chi connectivity index (χ1n) is 6.64. The summed E-state index contributed by atoms with van der Waals surface area (Å²) in [5, 5.41) is 3.29. The molecule has 2 saturated heterocycles. The fourth-order valence-corrected chi connectivity index (χ4v) is 2.92. The van der Waals surface area contributed by atoms with Crippen LogP contribution in [0.25, 0.3) is 0 Å². The molecule has 0 bridgehead atoms. The van der Waals surface area contributed by atoms with Crippen LogP contribution in [0.2, 0.25) is 0 Å². The largest absolute Gasteiger partial charge is 0.368 e. The number of likely N-dealkylation sites (tertiary alicyclic amines) is 1. The molecule has 0 aliphatic carbocycles. The van der Waals surface area contributed by atoms with E-state index in [2.05, 4.69) is 19.2 Å². The molecule has 4 heteroatoms. The van der Waals surface area contributed by atoms with E-state index in [0.29, 0.717) is 11.8 Å². The fourth-order valence-electron chi connectivity index (χ4n) is 2.92. The van der Waals surface area contributed by atoms with Crippen LogP contribution in [0.4, 0.5) is 0 Å². The summed E-state index contributed by atoms with van der Waals surface area (Å²) >= 11 is 0. The van der Waals surface area contributed by atoms with Gasteiger partial charge in [-0.15, -0.1) is 0 Å². The van der Waals surface area contributed by atoms with E-state index in [1.165, 1.54) is 0 Å². The number of amides is 1. The van der Waals surface area contributed by atoms with Gasteiger partial charge in [-0.25, -0.2) is 0 Å². The Morgan fingerprint density at radius 3 is 2.24 bits per heavy atom. The van der Waals surface area contributed by atoms with Crippen molar-refractivity contribution in [1.82, 2.24) is 10.2 Å². The first-order valence-corrected chi connectivity index (χ1v) is 6.64. The van der Waals surface area contributed by atoms with Crippen LogP contribution < -0.4 is 5.32 Å². The second-order valence-electron chi connectivity index (χ2n) is 5.61. The number of piperidine rings is 1. The van der Waals surface area contributed by atoms with E-state index in [0.717, 1.165) is 39.0 Å². The summed E-state index contributed by atoms with van der Waals surface area (Å²) in [6.07, 6.45) is 1.59. The minimum atomic E-state index is -0.560. The van der Waals surface area contributed by atoms with Gasteiger partial charge in [-0.1, -0.05) is 13.8 Å². The molecule has 0 aromatic heterocycles. The Hall–Kier alpha value is -0.610. The Kier molecular flexibility index (Phi) is 3.73. The third-order valence-corrected chi connectivity index (χ3v) is 4.47. The third kappa shape index (κ3) is 2.33. The summed E-state index contributed by atoms with van der Waals surface area (Å²) in [6.45, 7) is 7.97. The van der Waals surface area contributed by atoms with Gasteiger partial charge in [-0.2, -0.15) is 0 Å². The molecule has 98 valence electrons. The molecule has 4 nitrogen and oxygen atoms in total. The van der Waals surface area contributed by atoms with Gasteiger partial charge in [0.25, 0.3) is 5.91 Å². The van der Waals surface area contributed by atoms with E-state index in [9.17, 15) is 4.79 Å². The van der Waals surface area contributed by atoms with Gasteiger partial charge in [-0.05, 0) is 37.8 Å². The second-order valence-corrected chi connectivity index (χ2v) is 5.61. The molecule has 1 N–H and O–H groups in total. The predicted octanol–water partition coefficient (Wildman–Crippen LogP) is 0.869. The lowest BCUT2D eigenvalue weighted by atomic mass is 9.90. The lowest BCUT2D eigenvalue weighted by Crippen LogP contribution is -2.55. The first-order chi connectivity index (χ1) is 8.09. The van der Waals surface area contributed by atoms with Gasteiger partial charge in [0.15, 0.2) is 0 Å². The zero-order valence-electron chi connectivity index (χ0n) is 11.2. The number of hydrogen-bond donors (Lipinski definition) is 1. The van der Waals surface area contributed by atoms with Crippen LogP contribution in [0.15, 0.2) is 0 Å². The fraction of sp³-hybridized carbons (Fsp3) is 0.923. The summed E-state index contributed by atoms with van der Waals surface area (Å²) in [5.41, 5.74) is -0.560. The molecular weight excluding hydrogens is 216 g/mol. The van der Waals surface area contributed by atoms with E-state index in [1.807, 2.05) is 4.90 Å². The predicted molar refractivity (Wildman–Crippen MR) is 66.8 cm³/mol. The average Bonchev–Trinajstić information content (AvgIpc) is 2.69. The summed E-state index contributed by atoms with van der Waals surface area (Å²) in [4.78, 5) is 14.6. The molecule has 2 heterocycles. The van der Waals surface area contributed by atoms with Crippen molar-refractivity contribution >= 4 is 5.91 Å². The van der Waals surface area contributed by atoms with Crippen molar-refractivity contribution < 1.29 is 9.53 Å². The van der Waals surface area contributed by atoms with Crippen molar-refractivity contribution in [3.05, 3.63) is 0 Å². The van der Waals surface area contributed by atoms with E-state index < -0.39 is 5.60 Å². The Morgan fingerprint density at radius 1 is 1.24 bits per heavy atom. The maximum atomic E-state index is 12.6. The van der Waals surface area contributed by atoms with Gasteiger partial charge in [-0.3, -0.25) is 4.79 Å². The monoisotopic (exact) mass is 240 g/mol. The van der Waals surface area contributed by atoms with Crippen molar-refractivity contribution in [3.8, 4) is 0 Å². The van der Waals surface area contributed by atoms with Crippen molar-refractivity contribution in [2.45, 2.75) is 32.3 Å². The van der Waals surface area contributed by atoms with Crippen molar-refractivity contribution in [2.75, 3.05) is 33.3 Å². The summed E-state index contributed by atoms with van der Waals surface area (Å²) < 4.78 is 5.59. The summed E-state index contributed by atoms with van der Waals surface area (Å²) in [7, 11) is 1.67. The van der Waals surface area contributed by atoms with Crippen LogP contribution in [-0.2, 0) is 9.53 Å². The molecule has 0 saturated carbocycles. The molecule has 2 aliphatic heterocycles. The van der Waals surface area contributed by atoms with Gasteiger partial charge in [0.05, 0.1) is 0 Å². The molecule has 2 unspecified atom stereocenters. The Morgan fingerprint density at radius 2 is 1.76 bits per heavy atom. The highest BCUT2D eigenvalue weighted by Crippen LogP contribution is 2.30. The summed E-state index contributed by atoms with van der Waals surface area (Å²) in [5.74, 6) is 1.42. The number of nitrogens with one attached hydrogen (secondary N) is 1. The molecule has 1 amide bonds. The Bertz CT molecular complexity index is 277. The molecule has 2 rings (SSSR count). The van der Waals surface area contributed by atoms with Gasteiger partial charge < -0.3 is 15.0 Å². The number of carbonyl (C=O) groups is 1. The van der Waals surface area contributed by atoms with Crippen molar-refractivity contribution in [2.24, 2.45) is 11.8 Å². The number of methoxy groups -OCH3 is 1. The number of carbonyl (C=O) groups excluding carboxylic acids is 1. The Balaban J connectivity index is 2.07. The summed E-state index contributed by atoms with van der Waals surface area (Å²) in [6, 6.07) is 0. The highest BCUT2D eigenvalue weighted by molar-refractivity contribution is 5.85. The van der Waals surface area contributed by atoms with Crippen LogP contribution >= 0.6 is 0 Å². The molecule has 0 aromatic carbocycles. The van der Waals surface area contributed by atoms with Crippen molar-refractivity contribution in [3.63, 3.8) is 0 Å². The van der Waals surface area contributed by atoms with E-state index in [-0.39, 0.29) is 5.91 Å². The Labute approximate surface area is 104 Å².